The molecule has 1 N–H and O–H groups in total. The summed E-state index contributed by atoms with van der Waals surface area (Å²) in [6, 6.07) is 53.3. The van der Waals surface area contributed by atoms with Crippen molar-refractivity contribution in [3.05, 3.63) is 211 Å². The lowest BCUT2D eigenvalue weighted by Crippen LogP contribution is -2.18. The van der Waals surface area contributed by atoms with Gasteiger partial charge in [-0.2, -0.15) is 0 Å². The van der Waals surface area contributed by atoms with Crippen LogP contribution in [0.15, 0.2) is 200 Å². The highest BCUT2D eigenvalue weighted by Crippen LogP contribution is 2.37. The summed E-state index contributed by atoms with van der Waals surface area (Å²) in [5, 5.41) is 3.73. The van der Waals surface area contributed by atoms with Gasteiger partial charge >= 0.3 is 0 Å². The van der Waals surface area contributed by atoms with Crippen molar-refractivity contribution in [2.24, 2.45) is 4.99 Å². The minimum atomic E-state index is -0.366. The fourth-order valence-electron chi connectivity index (χ4n) is 6.47. The molecule has 0 spiro atoms. The lowest BCUT2D eigenvalue weighted by molar-refractivity contribution is 0.673. The molecular weight excluding hydrogens is 609 g/mol. The molecule has 50 heavy (non-hydrogen) atoms. The lowest BCUT2D eigenvalue weighted by atomic mass is 9.91. The number of aliphatic imine (C=N–C) groups is 1. The van der Waals surface area contributed by atoms with E-state index in [1.165, 1.54) is 22.3 Å². The summed E-state index contributed by atoms with van der Waals surface area (Å²) in [6.07, 6.45) is 8.89. The standard InChI is InChI=1S/C46H34N4/c1-32-30-44(39-22-26-47-27-23-39)49-46(50-45(32)40-24-28-48-29-25-40)41-20-21-42(43(31-41)37-10-6-3-7-11-37)38-18-16-36(17-19-38)35-14-12-34(13-15-35)33-8-4-2-5-9-33/h2-31,46,49H,1H2. The molecular formula is C46H34N4. The van der Waals surface area contributed by atoms with Gasteiger partial charge in [-0.1, -0.05) is 128 Å². The van der Waals surface area contributed by atoms with E-state index in [0.29, 0.717) is 0 Å². The summed E-state index contributed by atoms with van der Waals surface area (Å²) in [5.41, 5.74) is 15.0. The number of benzene rings is 5. The van der Waals surface area contributed by atoms with E-state index in [2.05, 4.69) is 149 Å². The molecule has 5 aromatic carbocycles. The van der Waals surface area contributed by atoms with E-state index in [-0.39, 0.29) is 6.17 Å². The Morgan fingerprint density at radius 1 is 0.440 bits per heavy atom. The first kappa shape index (κ1) is 30.7. The van der Waals surface area contributed by atoms with Crippen LogP contribution in [-0.2, 0) is 0 Å². The maximum absolute atomic E-state index is 5.29. The predicted octanol–water partition coefficient (Wildman–Crippen LogP) is 10.8. The van der Waals surface area contributed by atoms with Crippen molar-refractivity contribution in [1.82, 2.24) is 15.3 Å². The Morgan fingerprint density at radius 3 is 1.50 bits per heavy atom. The van der Waals surface area contributed by atoms with Crippen LogP contribution < -0.4 is 5.32 Å². The van der Waals surface area contributed by atoms with E-state index in [9.17, 15) is 0 Å². The molecule has 0 aliphatic carbocycles. The third-order valence-corrected chi connectivity index (χ3v) is 9.08. The van der Waals surface area contributed by atoms with Crippen LogP contribution in [0.2, 0.25) is 0 Å². The van der Waals surface area contributed by atoms with E-state index in [1.54, 1.807) is 24.8 Å². The summed E-state index contributed by atoms with van der Waals surface area (Å²) >= 11 is 0. The van der Waals surface area contributed by atoms with E-state index >= 15 is 0 Å². The molecule has 2 aromatic heterocycles. The second-order valence-corrected chi connectivity index (χ2v) is 12.3. The third-order valence-electron chi connectivity index (χ3n) is 9.08. The maximum atomic E-state index is 5.29. The van der Waals surface area contributed by atoms with Gasteiger partial charge in [0.25, 0.3) is 0 Å². The number of hydrogen-bond acceptors (Lipinski definition) is 4. The molecule has 0 fully saturated rings. The molecule has 238 valence electrons. The Balaban J connectivity index is 1.17. The van der Waals surface area contributed by atoms with Gasteiger partial charge in [-0.25, -0.2) is 0 Å². The highest BCUT2D eigenvalue weighted by Gasteiger charge is 2.22. The van der Waals surface area contributed by atoms with Gasteiger partial charge in [0.15, 0.2) is 0 Å². The number of nitrogens with zero attached hydrogens (tertiary/aromatic N) is 3. The number of aromatic nitrogens is 2. The molecule has 0 radical (unpaired) electrons. The molecule has 3 heterocycles. The molecule has 0 saturated heterocycles. The molecule has 1 unspecified atom stereocenters. The number of allylic oxidation sites excluding steroid dienone is 2. The van der Waals surface area contributed by atoms with Crippen molar-refractivity contribution < 1.29 is 0 Å². The zero-order valence-corrected chi connectivity index (χ0v) is 27.4. The number of hydrogen-bond donors (Lipinski definition) is 1. The first-order chi connectivity index (χ1) is 24.7. The van der Waals surface area contributed by atoms with Crippen molar-refractivity contribution >= 4 is 11.4 Å². The quantitative estimate of drug-likeness (QED) is 0.188. The molecule has 0 amide bonds. The molecule has 1 aliphatic heterocycles. The number of pyridine rings is 2. The fourth-order valence-corrected chi connectivity index (χ4v) is 6.47. The zero-order chi connectivity index (χ0) is 33.7. The molecule has 1 aliphatic rings. The third kappa shape index (κ3) is 6.43. The van der Waals surface area contributed by atoms with Crippen LogP contribution in [0.3, 0.4) is 0 Å². The predicted molar refractivity (Wildman–Crippen MR) is 206 cm³/mol. The Hall–Kier alpha value is -6.65. The average molecular weight is 643 g/mol. The van der Waals surface area contributed by atoms with Crippen molar-refractivity contribution in [2.45, 2.75) is 6.17 Å². The average Bonchev–Trinajstić information content (AvgIpc) is 3.38. The van der Waals surface area contributed by atoms with Crippen molar-refractivity contribution in [3.8, 4) is 44.5 Å². The van der Waals surface area contributed by atoms with E-state index in [0.717, 1.165) is 55.9 Å². The monoisotopic (exact) mass is 642 g/mol. The van der Waals surface area contributed by atoms with Gasteiger partial charge in [0.05, 0.1) is 5.71 Å². The fraction of sp³-hybridized carbons (Fsp3) is 0.0217. The molecule has 1 atom stereocenters. The minimum absolute atomic E-state index is 0.366. The largest absolute Gasteiger partial charge is 0.360 e. The Morgan fingerprint density at radius 2 is 0.920 bits per heavy atom. The van der Waals surface area contributed by atoms with Gasteiger partial charge in [0.2, 0.25) is 0 Å². The Kier molecular flexibility index (Phi) is 8.49. The van der Waals surface area contributed by atoms with E-state index in [4.69, 9.17) is 4.99 Å². The topological polar surface area (TPSA) is 50.2 Å². The minimum Gasteiger partial charge on any atom is -0.360 e. The highest BCUT2D eigenvalue weighted by molar-refractivity contribution is 6.15. The van der Waals surface area contributed by atoms with Gasteiger partial charge in [-0.15, -0.1) is 0 Å². The first-order valence-corrected chi connectivity index (χ1v) is 16.7. The summed E-state index contributed by atoms with van der Waals surface area (Å²) in [5.74, 6) is 0. The number of nitrogens with one attached hydrogen (secondary N) is 1. The van der Waals surface area contributed by atoms with Gasteiger partial charge in [-0.05, 0) is 92.1 Å². The lowest BCUT2D eigenvalue weighted by Gasteiger charge is -2.20. The second kappa shape index (κ2) is 13.8. The van der Waals surface area contributed by atoms with Crippen LogP contribution in [0.4, 0.5) is 0 Å². The van der Waals surface area contributed by atoms with Crippen molar-refractivity contribution in [1.29, 1.82) is 0 Å². The maximum Gasteiger partial charge on any atom is 0.145 e. The normalized spacial score (nSPS) is 14.2. The molecule has 4 nitrogen and oxygen atoms in total. The zero-order valence-electron chi connectivity index (χ0n) is 27.4. The summed E-state index contributed by atoms with van der Waals surface area (Å²) in [4.78, 5) is 13.7. The van der Waals surface area contributed by atoms with E-state index < -0.39 is 0 Å². The van der Waals surface area contributed by atoms with Gasteiger partial charge in [-0.3, -0.25) is 15.0 Å². The van der Waals surface area contributed by atoms with Crippen molar-refractivity contribution in [2.75, 3.05) is 0 Å². The van der Waals surface area contributed by atoms with Gasteiger partial charge < -0.3 is 5.32 Å². The second-order valence-electron chi connectivity index (χ2n) is 12.3. The number of rotatable bonds is 7. The Labute approximate surface area is 292 Å². The molecule has 0 bridgehead atoms. The van der Waals surface area contributed by atoms with Crippen LogP contribution in [-0.4, -0.2) is 15.7 Å². The molecule has 8 rings (SSSR count). The Bertz CT molecular complexity index is 2310. The van der Waals surface area contributed by atoms with E-state index in [1.807, 2.05) is 30.3 Å². The summed E-state index contributed by atoms with van der Waals surface area (Å²) in [7, 11) is 0. The summed E-state index contributed by atoms with van der Waals surface area (Å²) in [6.45, 7) is 4.42. The van der Waals surface area contributed by atoms with Crippen LogP contribution in [0.5, 0.6) is 0 Å². The van der Waals surface area contributed by atoms with Crippen LogP contribution in [0.1, 0.15) is 22.9 Å². The smallest absolute Gasteiger partial charge is 0.145 e. The van der Waals surface area contributed by atoms with Crippen molar-refractivity contribution in [3.63, 3.8) is 0 Å². The molecule has 7 aromatic rings. The van der Waals surface area contributed by atoms with Crippen LogP contribution in [0, 0.1) is 0 Å². The highest BCUT2D eigenvalue weighted by atomic mass is 15.1. The SMILES string of the molecule is C=C1C=C(c2ccncc2)NC(c2ccc(-c3ccc(-c4ccc(-c5ccccc5)cc4)cc3)c(-c3ccccc3)c2)N=C1c1ccncc1. The first-order valence-electron chi connectivity index (χ1n) is 16.7. The van der Waals surface area contributed by atoms with Crippen LogP contribution in [0.25, 0.3) is 50.2 Å². The van der Waals surface area contributed by atoms with Crippen LogP contribution >= 0.6 is 0 Å². The molecule has 0 saturated carbocycles. The molecule has 4 heteroatoms. The van der Waals surface area contributed by atoms with Gasteiger partial charge in [0, 0.05) is 41.6 Å². The van der Waals surface area contributed by atoms with Gasteiger partial charge in [0.1, 0.15) is 6.17 Å². The summed E-state index contributed by atoms with van der Waals surface area (Å²) < 4.78 is 0.